The minimum atomic E-state index is -0.948. The highest BCUT2D eigenvalue weighted by molar-refractivity contribution is 5.92. The largest absolute Gasteiger partial charge is 0.467 e. The van der Waals surface area contributed by atoms with Crippen LogP contribution < -0.4 is 5.32 Å². The number of hydrogen-bond donors (Lipinski definition) is 1. The van der Waals surface area contributed by atoms with Crippen LogP contribution in [0.15, 0.2) is 24.3 Å². The molecule has 1 aromatic carbocycles. The van der Waals surface area contributed by atoms with Gasteiger partial charge in [0.1, 0.15) is 11.9 Å². The van der Waals surface area contributed by atoms with Crippen molar-refractivity contribution in [2.45, 2.75) is 26.3 Å². The van der Waals surface area contributed by atoms with Gasteiger partial charge in [0.2, 0.25) is 0 Å². The lowest BCUT2D eigenvalue weighted by Gasteiger charge is -2.21. The Kier molecular flexibility index (Phi) is 7.18. The molecule has 0 aliphatic carbocycles. The van der Waals surface area contributed by atoms with Gasteiger partial charge in [-0.3, -0.25) is 4.79 Å². The van der Waals surface area contributed by atoms with E-state index in [-0.39, 0.29) is 11.5 Å². The molecule has 126 valence electrons. The number of esters is 2. The van der Waals surface area contributed by atoms with E-state index < -0.39 is 36.3 Å². The van der Waals surface area contributed by atoms with Crippen molar-refractivity contribution in [1.82, 2.24) is 5.32 Å². The van der Waals surface area contributed by atoms with Gasteiger partial charge in [0.15, 0.2) is 6.61 Å². The van der Waals surface area contributed by atoms with Gasteiger partial charge >= 0.3 is 11.9 Å². The molecule has 0 aliphatic heterocycles. The zero-order valence-corrected chi connectivity index (χ0v) is 13.3. The normalized spacial score (nSPS) is 12.9. The summed E-state index contributed by atoms with van der Waals surface area (Å²) in [5, 5.41) is 2.46. The predicted octanol–water partition coefficient (Wildman–Crippen LogP) is 1.69. The van der Waals surface area contributed by atoms with Crippen LogP contribution in [0.1, 0.15) is 30.6 Å². The number of carbonyl (C=O) groups excluding carboxylic acids is 3. The van der Waals surface area contributed by atoms with Crippen LogP contribution >= 0.6 is 0 Å². The first-order chi connectivity index (χ1) is 10.9. The molecule has 1 N–H and O–H groups in total. The van der Waals surface area contributed by atoms with Crippen LogP contribution in [0.2, 0.25) is 0 Å². The fourth-order valence-corrected chi connectivity index (χ4v) is 1.85. The Morgan fingerprint density at radius 1 is 1.26 bits per heavy atom. The molecule has 0 heterocycles. The molecule has 0 saturated heterocycles. The van der Waals surface area contributed by atoms with E-state index in [1.807, 2.05) is 6.92 Å². The molecule has 0 unspecified atom stereocenters. The lowest BCUT2D eigenvalue weighted by molar-refractivity contribution is -0.147. The summed E-state index contributed by atoms with van der Waals surface area (Å²) in [4.78, 5) is 35.2. The minimum Gasteiger partial charge on any atom is -0.467 e. The number of amides is 1. The summed E-state index contributed by atoms with van der Waals surface area (Å²) < 4.78 is 22.8. The molecule has 0 aliphatic rings. The van der Waals surface area contributed by atoms with E-state index in [0.29, 0.717) is 6.42 Å². The number of carbonyl (C=O) groups is 3. The molecule has 0 bridgehead atoms. The zero-order valence-electron chi connectivity index (χ0n) is 13.3. The first-order valence-corrected chi connectivity index (χ1v) is 7.19. The van der Waals surface area contributed by atoms with Crippen molar-refractivity contribution in [2.75, 3.05) is 13.7 Å². The van der Waals surface area contributed by atoms with E-state index in [0.717, 1.165) is 6.07 Å². The van der Waals surface area contributed by atoms with Gasteiger partial charge in [0.05, 0.1) is 12.7 Å². The third-order valence-corrected chi connectivity index (χ3v) is 3.41. The lowest BCUT2D eigenvalue weighted by Crippen LogP contribution is -2.47. The highest BCUT2D eigenvalue weighted by Gasteiger charge is 2.27. The Bertz CT molecular complexity index is 575. The summed E-state index contributed by atoms with van der Waals surface area (Å²) in [5.41, 5.74) is -0.258. The Morgan fingerprint density at radius 3 is 2.48 bits per heavy atom. The Labute approximate surface area is 134 Å². The number of hydrogen-bond acceptors (Lipinski definition) is 5. The van der Waals surface area contributed by atoms with Crippen molar-refractivity contribution in [3.05, 3.63) is 35.6 Å². The van der Waals surface area contributed by atoms with Crippen molar-refractivity contribution in [2.24, 2.45) is 5.92 Å². The van der Waals surface area contributed by atoms with E-state index in [9.17, 15) is 18.8 Å². The number of halogens is 1. The topological polar surface area (TPSA) is 81.7 Å². The fourth-order valence-electron chi connectivity index (χ4n) is 1.85. The molecule has 7 heteroatoms. The van der Waals surface area contributed by atoms with Crippen LogP contribution in [-0.4, -0.2) is 37.6 Å². The second kappa shape index (κ2) is 8.87. The molecular formula is C16H20FNO5. The summed E-state index contributed by atoms with van der Waals surface area (Å²) >= 11 is 0. The van der Waals surface area contributed by atoms with Crippen molar-refractivity contribution in [1.29, 1.82) is 0 Å². The Morgan fingerprint density at radius 2 is 1.91 bits per heavy atom. The first kappa shape index (κ1) is 18.6. The average Bonchev–Trinajstić information content (AvgIpc) is 2.56. The lowest BCUT2D eigenvalue weighted by atomic mass is 9.99. The molecule has 0 saturated carbocycles. The van der Waals surface area contributed by atoms with Crippen molar-refractivity contribution < 1.29 is 28.2 Å². The van der Waals surface area contributed by atoms with Gasteiger partial charge < -0.3 is 14.8 Å². The summed E-state index contributed by atoms with van der Waals surface area (Å²) in [6.45, 7) is 3.04. The summed E-state index contributed by atoms with van der Waals surface area (Å²) in [7, 11) is 1.22. The number of nitrogens with one attached hydrogen (secondary N) is 1. The van der Waals surface area contributed by atoms with E-state index in [1.54, 1.807) is 6.92 Å². The number of benzene rings is 1. The van der Waals surface area contributed by atoms with Crippen LogP contribution in [0.25, 0.3) is 0 Å². The number of rotatable bonds is 7. The Balaban J connectivity index is 2.60. The minimum absolute atomic E-state index is 0.145. The first-order valence-electron chi connectivity index (χ1n) is 7.19. The molecule has 1 amide bonds. The SMILES string of the molecule is CC[C@H](C)[C@H](NC(=O)COC(=O)c1ccccc1F)C(=O)OC. The van der Waals surface area contributed by atoms with Gasteiger partial charge in [-0.1, -0.05) is 32.4 Å². The van der Waals surface area contributed by atoms with Gasteiger partial charge in [0, 0.05) is 0 Å². The van der Waals surface area contributed by atoms with E-state index >= 15 is 0 Å². The van der Waals surface area contributed by atoms with Crippen LogP contribution in [-0.2, 0) is 19.1 Å². The molecule has 2 atom stereocenters. The van der Waals surface area contributed by atoms with Crippen molar-refractivity contribution in [3.63, 3.8) is 0 Å². The molecule has 0 radical (unpaired) electrons. The number of ether oxygens (including phenoxy) is 2. The van der Waals surface area contributed by atoms with Gasteiger partial charge in [-0.2, -0.15) is 0 Å². The maximum atomic E-state index is 13.4. The fraction of sp³-hybridized carbons (Fsp3) is 0.438. The van der Waals surface area contributed by atoms with Crippen molar-refractivity contribution in [3.8, 4) is 0 Å². The number of methoxy groups -OCH3 is 1. The van der Waals surface area contributed by atoms with Crippen LogP contribution in [0, 0.1) is 11.7 Å². The average molecular weight is 325 g/mol. The van der Waals surface area contributed by atoms with Crippen LogP contribution in [0.3, 0.4) is 0 Å². The predicted molar refractivity (Wildman–Crippen MR) is 80.1 cm³/mol. The second-order valence-electron chi connectivity index (χ2n) is 5.01. The molecule has 1 aromatic rings. The Hall–Kier alpha value is -2.44. The monoisotopic (exact) mass is 325 g/mol. The second-order valence-corrected chi connectivity index (χ2v) is 5.01. The zero-order chi connectivity index (χ0) is 17.4. The highest BCUT2D eigenvalue weighted by atomic mass is 19.1. The maximum absolute atomic E-state index is 13.4. The molecule has 23 heavy (non-hydrogen) atoms. The van der Waals surface area contributed by atoms with E-state index in [2.05, 4.69) is 10.1 Å². The van der Waals surface area contributed by atoms with Gasteiger partial charge in [-0.15, -0.1) is 0 Å². The van der Waals surface area contributed by atoms with Crippen LogP contribution in [0.4, 0.5) is 4.39 Å². The van der Waals surface area contributed by atoms with E-state index in [4.69, 9.17) is 4.74 Å². The smallest absolute Gasteiger partial charge is 0.341 e. The summed E-state index contributed by atoms with van der Waals surface area (Å²) in [5.74, 6) is -3.06. The van der Waals surface area contributed by atoms with Gasteiger partial charge in [0.25, 0.3) is 5.91 Å². The molecule has 6 nitrogen and oxygen atoms in total. The maximum Gasteiger partial charge on any atom is 0.341 e. The molecule has 1 rings (SSSR count). The quantitative estimate of drug-likeness (QED) is 0.772. The summed E-state index contributed by atoms with van der Waals surface area (Å²) in [6.07, 6.45) is 0.648. The van der Waals surface area contributed by atoms with Crippen molar-refractivity contribution >= 4 is 17.8 Å². The van der Waals surface area contributed by atoms with Gasteiger partial charge in [-0.25, -0.2) is 14.0 Å². The molecule has 0 fully saturated rings. The standard InChI is InChI=1S/C16H20FNO5/c1-4-10(2)14(16(21)22-3)18-13(19)9-23-15(20)11-7-5-6-8-12(11)17/h5-8,10,14H,4,9H2,1-3H3,(H,18,19)/t10-,14-/m0/s1. The third-order valence-electron chi connectivity index (χ3n) is 3.41. The molecule has 0 aromatic heterocycles. The highest BCUT2D eigenvalue weighted by Crippen LogP contribution is 2.10. The third kappa shape index (κ3) is 5.36. The van der Waals surface area contributed by atoms with E-state index in [1.165, 1.54) is 25.3 Å². The molecule has 0 spiro atoms. The van der Waals surface area contributed by atoms with Crippen LogP contribution in [0.5, 0.6) is 0 Å². The molecular weight excluding hydrogens is 305 g/mol. The van der Waals surface area contributed by atoms with Gasteiger partial charge in [-0.05, 0) is 18.1 Å². The summed E-state index contributed by atoms with van der Waals surface area (Å²) in [6, 6.07) is 4.46.